The number of hydrogen-bond acceptors (Lipinski definition) is 5. The van der Waals surface area contributed by atoms with Crippen molar-refractivity contribution in [3.05, 3.63) is 84.4 Å². The molecule has 0 atom stereocenters. The van der Waals surface area contributed by atoms with E-state index in [1.165, 1.54) is 0 Å². The zero-order valence-electron chi connectivity index (χ0n) is 14.1. The Labute approximate surface area is 155 Å². The molecule has 4 aromatic rings. The molecule has 2 heterocycles. The summed E-state index contributed by atoms with van der Waals surface area (Å²) in [5.41, 5.74) is 4.12. The highest BCUT2D eigenvalue weighted by Gasteiger charge is 2.11. The third-order valence-electron chi connectivity index (χ3n) is 4.03. The first-order valence-electron chi connectivity index (χ1n) is 8.14. The minimum Gasteiger partial charge on any atom is -0.352 e. The van der Waals surface area contributed by atoms with Crippen LogP contribution in [0, 0.1) is 22.7 Å². The Bertz CT molecular complexity index is 1070. The van der Waals surface area contributed by atoms with Crippen LogP contribution < -0.4 is 5.32 Å². The monoisotopic (exact) mass is 351 g/mol. The summed E-state index contributed by atoms with van der Waals surface area (Å²) in [6.45, 7) is 0. The van der Waals surface area contributed by atoms with Crippen molar-refractivity contribution >= 4 is 11.4 Å². The fourth-order valence-corrected chi connectivity index (χ4v) is 2.76. The second-order valence-electron chi connectivity index (χ2n) is 5.71. The van der Waals surface area contributed by atoms with E-state index in [0.717, 1.165) is 22.7 Å². The highest BCUT2D eigenvalue weighted by atomic mass is 15.3. The minimum atomic E-state index is 0.540. The molecule has 4 rings (SSSR count). The van der Waals surface area contributed by atoms with Crippen molar-refractivity contribution in [2.75, 3.05) is 5.32 Å². The Morgan fingerprint density at radius 2 is 1.22 bits per heavy atom. The quantitative estimate of drug-likeness (QED) is 0.607. The largest absolute Gasteiger partial charge is 0.352 e. The van der Waals surface area contributed by atoms with E-state index in [0.29, 0.717) is 11.1 Å². The van der Waals surface area contributed by atoms with Gasteiger partial charge in [0, 0.05) is 24.8 Å². The highest BCUT2D eigenvalue weighted by Crippen LogP contribution is 2.29. The van der Waals surface area contributed by atoms with Crippen molar-refractivity contribution < 1.29 is 0 Å². The van der Waals surface area contributed by atoms with Gasteiger partial charge in [-0.05, 0) is 48.5 Å². The van der Waals surface area contributed by atoms with E-state index in [-0.39, 0.29) is 0 Å². The maximum atomic E-state index is 9.22. The van der Waals surface area contributed by atoms with Gasteiger partial charge in [-0.25, -0.2) is 9.36 Å². The summed E-state index contributed by atoms with van der Waals surface area (Å²) in [7, 11) is 0. The first-order valence-corrected chi connectivity index (χ1v) is 8.14. The molecule has 0 amide bonds. The maximum Gasteiger partial charge on any atom is 0.0992 e. The normalized spacial score (nSPS) is 10.1. The molecule has 0 unspecified atom stereocenters. The molecular formula is C20H13N7. The standard InChI is InChI=1S/C20H13N7/c21-13-15-3-5-17(19(11-15)26-9-1-7-23-26)25-18-6-4-16(14-22)12-20(18)27-10-2-8-24-27/h1-12,25H. The van der Waals surface area contributed by atoms with E-state index in [1.807, 2.05) is 36.7 Å². The number of rotatable bonds is 4. The van der Waals surface area contributed by atoms with E-state index >= 15 is 0 Å². The number of anilines is 2. The highest BCUT2D eigenvalue weighted by molar-refractivity contribution is 5.75. The molecule has 0 saturated heterocycles. The van der Waals surface area contributed by atoms with Gasteiger partial charge in [0.25, 0.3) is 0 Å². The Balaban J connectivity index is 1.82. The Hall–Kier alpha value is -4.36. The maximum absolute atomic E-state index is 9.22. The van der Waals surface area contributed by atoms with Gasteiger partial charge in [-0.1, -0.05) is 0 Å². The fourth-order valence-electron chi connectivity index (χ4n) is 2.76. The van der Waals surface area contributed by atoms with Crippen molar-refractivity contribution in [1.29, 1.82) is 10.5 Å². The lowest BCUT2D eigenvalue weighted by Crippen LogP contribution is -2.05. The van der Waals surface area contributed by atoms with Gasteiger partial charge in [0.05, 0.1) is 46.0 Å². The zero-order valence-corrected chi connectivity index (χ0v) is 14.1. The molecule has 0 aliphatic rings. The summed E-state index contributed by atoms with van der Waals surface area (Å²) in [5.74, 6) is 0. The molecule has 0 fully saturated rings. The number of nitrogens with one attached hydrogen (secondary N) is 1. The van der Waals surface area contributed by atoms with Crippen LogP contribution in [-0.4, -0.2) is 19.6 Å². The molecule has 0 spiro atoms. The molecule has 0 radical (unpaired) electrons. The second-order valence-corrected chi connectivity index (χ2v) is 5.71. The van der Waals surface area contributed by atoms with Crippen LogP contribution in [0.2, 0.25) is 0 Å². The van der Waals surface area contributed by atoms with E-state index in [9.17, 15) is 10.5 Å². The van der Waals surface area contributed by atoms with E-state index in [4.69, 9.17) is 0 Å². The van der Waals surface area contributed by atoms with Crippen molar-refractivity contribution in [3.8, 4) is 23.5 Å². The van der Waals surface area contributed by atoms with E-state index in [2.05, 4.69) is 27.7 Å². The Morgan fingerprint density at radius 3 is 1.59 bits per heavy atom. The number of nitriles is 2. The number of nitrogens with zero attached hydrogens (tertiary/aromatic N) is 6. The van der Waals surface area contributed by atoms with Gasteiger partial charge in [-0.2, -0.15) is 20.7 Å². The molecule has 0 aliphatic carbocycles. The SMILES string of the molecule is N#Cc1ccc(Nc2ccc(C#N)cc2-n2cccn2)c(-n2cccn2)c1. The summed E-state index contributed by atoms with van der Waals surface area (Å²) in [6, 6.07) is 18.6. The average molecular weight is 351 g/mol. The molecule has 1 N–H and O–H groups in total. The summed E-state index contributed by atoms with van der Waals surface area (Å²) in [6.07, 6.45) is 6.99. The second kappa shape index (κ2) is 6.87. The number of hydrogen-bond donors (Lipinski definition) is 1. The van der Waals surface area contributed by atoms with Crippen LogP contribution in [0.4, 0.5) is 11.4 Å². The Kier molecular flexibility index (Phi) is 4.10. The van der Waals surface area contributed by atoms with Crippen LogP contribution in [0.3, 0.4) is 0 Å². The fraction of sp³-hybridized carbons (Fsp3) is 0. The van der Waals surface area contributed by atoms with Crippen LogP contribution >= 0.6 is 0 Å². The van der Waals surface area contributed by atoms with E-state index in [1.54, 1.807) is 46.0 Å². The van der Waals surface area contributed by atoms with Crippen molar-refractivity contribution in [2.24, 2.45) is 0 Å². The predicted octanol–water partition coefficient (Wildman–Crippen LogP) is 3.54. The van der Waals surface area contributed by atoms with Crippen LogP contribution in [0.25, 0.3) is 11.4 Å². The van der Waals surface area contributed by atoms with Gasteiger partial charge in [0.1, 0.15) is 0 Å². The molecule has 27 heavy (non-hydrogen) atoms. The Morgan fingerprint density at radius 1 is 0.741 bits per heavy atom. The molecule has 2 aromatic heterocycles. The molecule has 128 valence electrons. The smallest absolute Gasteiger partial charge is 0.0992 e. The van der Waals surface area contributed by atoms with E-state index < -0.39 is 0 Å². The van der Waals surface area contributed by atoms with Gasteiger partial charge in [0.2, 0.25) is 0 Å². The summed E-state index contributed by atoms with van der Waals surface area (Å²) < 4.78 is 3.39. The van der Waals surface area contributed by atoms with Gasteiger partial charge in [-0.15, -0.1) is 0 Å². The molecule has 0 saturated carbocycles. The molecule has 0 aliphatic heterocycles. The van der Waals surface area contributed by atoms with Gasteiger partial charge >= 0.3 is 0 Å². The third kappa shape index (κ3) is 3.13. The van der Waals surface area contributed by atoms with Crippen LogP contribution in [0.15, 0.2) is 73.3 Å². The van der Waals surface area contributed by atoms with Gasteiger partial charge < -0.3 is 5.32 Å². The summed E-state index contributed by atoms with van der Waals surface area (Å²) in [5, 5.41) is 30.4. The number of benzene rings is 2. The molecule has 2 aromatic carbocycles. The lowest BCUT2D eigenvalue weighted by Gasteiger charge is -2.16. The van der Waals surface area contributed by atoms with Crippen molar-refractivity contribution in [1.82, 2.24) is 19.6 Å². The molecular weight excluding hydrogens is 338 g/mol. The van der Waals surface area contributed by atoms with Crippen LogP contribution in [0.5, 0.6) is 0 Å². The topological polar surface area (TPSA) is 95.2 Å². The first kappa shape index (κ1) is 16.1. The van der Waals surface area contributed by atoms with Crippen molar-refractivity contribution in [2.45, 2.75) is 0 Å². The summed E-state index contributed by atoms with van der Waals surface area (Å²) >= 11 is 0. The lowest BCUT2D eigenvalue weighted by molar-refractivity contribution is 0.877. The average Bonchev–Trinajstić information content (AvgIpc) is 3.42. The molecule has 0 bridgehead atoms. The van der Waals surface area contributed by atoms with Gasteiger partial charge in [0.15, 0.2) is 0 Å². The minimum absolute atomic E-state index is 0.540. The first-order chi connectivity index (χ1) is 13.3. The van der Waals surface area contributed by atoms with Gasteiger partial charge in [-0.3, -0.25) is 0 Å². The van der Waals surface area contributed by atoms with Crippen LogP contribution in [0.1, 0.15) is 11.1 Å². The summed E-state index contributed by atoms with van der Waals surface area (Å²) in [4.78, 5) is 0. The number of aromatic nitrogens is 4. The zero-order chi connectivity index (χ0) is 18.6. The molecule has 7 nitrogen and oxygen atoms in total. The predicted molar refractivity (Wildman–Crippen MR) is 99.8 cm³/mol. The molecule has 7 heteroatoms. The van der Waals surface area contributed by atoms with Crippen LogP contribution in [-0.2, 0) is 0 Å². The van der Waals surface area contributed by atoms with Crippen molar-refractivity contribution in [3.63, 3.8) is 0 Å². The third-order valence-corrected chi connectivity index (χ3v) is 4.03. The lowest BCUT2D eigenvalue weighted by atomic mass is 10.1.